The van der Waals surface area contributed by atoms with E-state index in [1.54, 1.807) is 10.6 Å². The second kappa shape index (κ2) is 6.79. The molecule has 0 aliphatic carbocycles. The number of carboxylic acid groups (broad SMARTS) is 1. The van der Waals surface area contributed by atoms with Gasteiger partial charge in [0.25, 0.3) is 5.56 Å². The van der Waals surface area contributed by atoms with Gasteiger partial charge >= 0.3 is 5.97 Å². The van der Waals surface area contributed by atoms with Gasteiger partial charge in [-0.3, -0.25) is 4.79 Å². The number of aromatic nitrogens is 1. The van der Waals surface area contributed by atoms with Gasteiger partial charge in [0, 0.05) is 13.1 Å². The van der Waals surface area contributed by atoms with Crippen LogP contribution in [0.1, 0.15) is 23.2 Å². The minimum atomic E-state index is -1.18. The smallest absolute Gasteiger partial charge is 0.341 e. The van der Waals surface area contributed by atoms with Crippen molar-refractivity contribution in [3.05, 3.63) is 58.4 Å². The quantitative estimate of drug-likeness (QED) is 0.920. The third kappa shape index (κ3) is 3.35. The van der Waals surface area contributed by atoms with Gasteiger partial charge in [0.15, 0.2) is 0 Å². The third-order valence-electron chi connectivity index (χ3n) is 4.31. The first-order valence-corrected chi connectivity index (χ1v) is 7.92. The van der Waals surface area contributed by atoms with Crippen molar-refractivity contribution in [3.8, 4) is 11.3 Å². The molecule has 5 heteroatoms. The Bertz CT molecular complexity index is 747. The molecule has 1 aromatic carbocycles. The average molecular weight is 312 g/mol. The molecule has 0 radical (unpaired) electrons. The van der Waals surface area contributed by atoms with Crippen LogP contribution in [0.3, 0.4) is 0 Å². The molecule has 0 unspecified atom stereocenters. The van der Waals surface area contributed by atoms with Crippen molar-refractivity contribution in [2.24, 2.45) is 0 Å². The van der Waals surface area contributed by atoms with Crippen LogP contribution in [0.2, 0.25) is 0 Å². The zero-order valence-corrected chi connectivity index (χ0v) is 12.9. The van der Waals surface area contributed by atoms with Gasteiger partial charge in [-0.1, -0.05) is 30.3 Å². The molecule has 1 aliphatic heterocycles. The number of rotatable bonds is 5. The summed E-state index contributed by atoms with van der Waals surface area (Å²) in [5.74, 6) is -1.18. The lowest BCUT2D eigenvalue weighted by molar-refractivity contribution is 0.0694. The molecule has 120 valence electrons. The largest absolute Gasteiger partial charge is 0.477 e. The summed E-state index contributed by atoms with van der Waals surface area (Å²) in [6.45, 7) is 3.37. The molecular weight excluding hydrogens is 292 g/mol. The van der Waals surface area contributed by atoms with Crippen molar-refractivity contribution in [1.29, 1.82) is 0 Å². The normalized spacial score (nSPS) is 15.0. The summed E-state index contributed by atoms with van der Waals surface area (Å²) in [4.78, 5) is 26.1. The van der Waals surface area contributed by atoms with Crippen molar-refractivity contribution in [1.82, 2.24) is 9.47 Å². The molecule has 0 saturated carbocycles. The van der Waals surface area contributed by atoms with Crippen molar-refractivity contribution in [2.75, 3.05) is 19.6 Å². The first kappa shape index (κ1) is 15.5. The maximum Gasteiger partial charge on any atom is 0.341 e. The number of hydrogen-bond donors (Lipinski definition) is 1. The number of carbonyl (C=O) groups is 1. The number of benzene rings is 1. The lowest BCUT2D eigenvalue weighted by Crippen LogP contribution is -2.32. The Balaban J connectivity index is 1.99. The second-order valence-electron chi connectivity index (χ2n) is 5.81. The summed E-state index contributed by atoms with van der Waals surface area (Å²) in [5, 5.41) is 9.21. The predicted octanol–water partition coefficient (Wildman–Crippen LogP) is 2.31. The second-order valence-corrected chi connectivity index (χ2v) is 5.81. The van der Waals surface area contributed by atoms with E-state index in [-0.39, 0.29) is 5.56 Å². The Morgan fingerprint density at radius 1 is 1.00 bits per heavy atom. The SMILES string of the molecule is O=C(O)c1ccc(-c2ccccc2)n(CCN2CCCC2)c1=O. The minimum absolute atomic E-state index is 0.175. The van der Waals surface area contributed by atoms with Crippen LogP contribution in [0, 0.1) is 0 Å². The molecule has 1 aliphatic rings. The van der Waals surface area contributed by atoms with E-state index in [0.29, 0.717) is 6.54 Å². The molecule has 1 saturated heterocycles. The van der Waals surface area contributed by atoms with E-state index in [2.05, 4.69) is 4.90 Å². The highest BCUT2D eigenvalue weighted by Crippen LogP contribution is 2.18. The summed E-state index contributed by atoms with van der Waals surface area (Å²) in [6.07, 6.45) is 2.38. The van der Waals surface area contributed by atoms with Crippen LogP contribution in [0.25, 0.3) is 11.3 Å². The Labute approximate surface area is 134 Å². The highest BCUT2D eigenvalue weighted by atomic mass is 16.4. The van der Waals surface area contributed by atoms with Crippen LogP contribution in [0.5, 0.6) is 0 Å². The fraction of sp³-hybridized carbons (Fsp3) is 0.333. The maximum atomic E-state index is 12.6. The standard InChI is InChI=1S/C18H20N2O3/c21-17-15(18(22)23)8-9-16(14-6-2-1-3-7-14)20(17)13-12-19-10-4-5-11-19/h1-3,6-9H,4-5,10-13H2,(H,22,23). The summed E-state index contributed by atoms with van der Waals surface area (Å²) in [5.41, 5.74) is 1.08. The Morgan fingerprint density at radius 3 is 2.35 bits per heavy atom. The highest BCUT2D eigenvalue weighted by Gasteiger charge is 2.17. The fourth-order valence-electron chi connectivity index (χ4n) is 3.07. The van der Waals surface area contributed by atoms with Gasteiger partial charge in [-0.2, -0.15) is 0 Å². The molecule has 2 heterocycles. The summed E-state index contributed by atoms with van der Waals surface area (Å²) in [6, 6.07) is 12.7. The lowest BCUT2D eigenvalue weighted by atomic mass is 10.1. The monoisotopic (exact) mass is 312 g/mol. The van der Waals surface area contributed by atoms with Crippen LogP contribution in [0.15, 0.2) is 47.3 Å². The predicted molar refractivity (Wildman–Crippen MR) is 88.8 cm³/mol. The molecule has 1 N–H and O–H groups in total. The first-order valence-electron chi connectivity index (χ1n) is 7.92. The molecule has 2 aromatic rings. The van der Waals surface area contributed by atoms with E-state index in [1.165, 1.54) is 18.9 Å². The molecule has 3 rings (SSSR count). The van der Waals surface area contributed by atoms with Gasteiger partial charge in [0.05, 0.1) is 5.69 Å². The van der Waals surface area contributed by atoms with E-state index in [4.69, 9.17) is 0 Å². The summed E-state index contributed by atoms with van der Waals surface area (Å²) >= 11 is 0. The molecular formula is C18H20N2O3. The van der Waals surface area contributed by atoms with Gasteiger partial charge < -0.3 is 14.6 Å². The van der Waals surface area contributed by atoms with E-state index in [1.807, 2.05) is 30.3 Å². The van der Waals surface area contributed by atoms with Gasteiger partial charge in [-0.25, -0.2) is 4.79 Å². The minimum Gasteiger partial charge on any atom is -0.477 e. The van der Waals surface area contributed by atoms with Crippen molar-refractivity contribution >= 4 is 5.97 Å². The zero-order chi connectivity index (χ0) is 16.2. The topological polar surface area (TPSA) is 62.5 Å². The van der Waals surface area contributed by atoms with E-state index >= 15 is 0 Å². The zero-order valence-electron chi connectivity index (χ0n) is 12.9. The highest BCUT2D eigenvalue weighted by molar-refractivity contribution is 5.87. The molecule has 1 fully saturated rings. The number of hydrogen-bond acceptors (Lipinski definition) is 3. The van der Waals surface area contributed by atoms with Crippen LogP contribution < -0.4 is 5.56 Å². The third-order valence-corrected chi connectivity index (χ3v) is 4.31. The molecule has 0 bridgehead atoms. The number of carboxylic acids is 1. The van der Waals surface area contributed by atoms with Crippen LogP contribution in [-0.2, 0) is 6.54 Å². The van der Waals surface area contributed by atoms with Crippen LogP contribution >= 0.6 is 0 Å². The van der Waals surface area contributed by atoms with Crippen molar-refractivity contribution in [2.45, 2.75) is 19.4 Å². The Kier molecular flexibility index (Phi) is 4.57. The van der Waals surface area contributed by atoms with Crippen LogP contribution in [0.4, 0.5) is 0 Å². The number of aromatic carboxylic acids is 1. The summed E-state index contributed by atoms with van der Waals surface area (Å²) in [7, 11) is 0. The van der Waals surface area contributed by atoms with E-state index in [9.17, 15) is 14.7 Å². The molecule has 0 spiro atoms. The Hall–Kier alpha value is -2.40. The number of nitrogens with zero attached hydrogens (tertiary/aromatic N) is 2. The maximum absolute atomic E-state index is 12.6. The molecule has 1 aromatic heterocycles. The molecule has 0 atom stereocenters. The number of likely N-dealkylation sites (tertiary alicyclic amines) is 1. The molecule has 5 nitrogen and oxygen atoms in total. The van der Waals surface area contributed by atoms with E-state index < -0.39 is 11.5 Å². The summed E-state index contributed by atoms with van der Waals surface area (Å²) < 4.78 is 1.59. The van der Waals surface area contributed by atoms with Crippen molar-refractivity contribution < 1.29 is 9.90 Å². The van der Waals surface area contributed by atoms with Gasteiger partial charge in [-0.05, 0) is 43.6 Å². The molecule has 0 amide bonds. The fourth-order valence-corrected chi connectivity index (χ4v) is 3.07. The van der Waals surface area contributed by atoms with Gasteiger partial charge in [-0.15, -0.1) is 0 Å². The number of pyridine rings is 1. The Morgan fingerprint density at radius 2 is 1.70 bits per heavy atom. The molecule has 23 heavy (non-hydrogen) atoms. The van der Waals surface area contributed by atoms with E-state index in [0.717, 1.165) is 30.9 Å². The first-order chi connectivity index (χ1) is 11.2. The lowest BCUT2D eigenvalue weighted by Gasteiger charge is -2.18. The van der Waals surface area contributed by atoms with Gasteiger partial charge in [0.1, 0.15) is 5.56 Å². The van der Waals surface area contributed by atoms with Crippen LogP contribution in [-0.4, -0.2) is 40.2 Å². The average Bonchev–Trinajstić information content (AvgIpc) is 3.07. The van der Waals surface area contributed by atoms with Crippen molar-refractivity contribution in [3.63, 3.8) is 0 Å². The van der Waals surface area contributed by atoms with Gasteiger partial charge in [0.2, 0.25) is 0 Å².